The summed E-state index contributed by atoms with van der Waals surface area (Å²) in [6.45, 7) is 8.45. The normalized spacial score (nSPS) is 14.9. The zero-order valence-electron chi connectivity index (χ0n) is 20.7. The Hall–Kier alpha value is -3.69. The largest absolute Gasteiger partial charge is 0.391 e. The summed E-state index contributed by atoms with van der Waals surface area (Å²) in [5, 5.41) is 12.7. The average molecular weight is 590 g/mol. The standard InChI is InChI=1S/C26H24ClN5O5S.ClH/c1-17-23(27)4-3-5-24(17)32(38(36,37)22-10-7-18(28-2)8-11-22)16-25(34)30-13-19-6-9-20(14-29-19)31-15-21(33)12-26(31)35;/h3-11,14,21,33H,12-13,15-16H2,1H3,(H,30,34);1H. The number of hydrogen-bond donors (Lipinski definition) is 2. The molecule has 3 aromatic rings. The number of sulfonamides is 1. The van der Waals surface area contributed by atoms with E-state index in [1.54, 1.807) is 37.3 Å². The summed E-state index contributed by atoms with van der Waals surface area (Å²) in [5.41, 5.74) is 2.07. The van der Waals surface area contributed by atoms with E-state index in [9.17, 15) is 23.1 Å². The summed E-state index contributed by atoms with van der Waals surface area (Å²) in [4.78, 5) is 33.8. The molecule has 1 aliphatic heterocycles. The summed E-state index contributed by atoms with van der Waals surface area (Å²) in [5.74, 6) is -0.767. The van der Waals surface area contributed by atoms with Crippen LogP contribution in [-0.2, 0) is 26.2 Å². The number of aliphatic hydroxyl groups excluding tert-OH is 1. The van der Waals surface area contributed by atoms with Crippen LogP contribution in [0.5, 0.6) is 0 Å². The monoisotopic (exact) mass is 589 g/mol. The van der Waals surface area contributed by atoms with Crippen LogP contribution in [0, 0.1) is 13.5 Å². The van der Waals surface area contributed by atoms with Crippen molar-refractivity contribution in [2.24, 2.45) is 0 Å². The van der Waals surface area contributed by atoms with E-state index in [1.807, 2.05) is 0 Å². The molecule has 1 aromatic heterocycles. The highest BCUT2D eigenvalue weighted by Crippen LogP contribution is 2.31. The van der Waals surface area contributed by atoms with Gasteiger partial charge in [-0.15, -0.1) is 12.4 Å². The number of aromatic nitrogens is 1. The first-order valence-corrected chi connectivity index (χ1v) is 13.4. The first-order chi connectivity index (χ1) is 18.1. The third kappa shape index (κ3) is 6.66. The van der Waals surface area contributed by atoms with Gasteiger partial charge < -0.3 is 15.3 Å². The van der Waals surface area contributed by atoms with Crippen molar-refractivity contribution in [3.05, 3.63) is 88.5 Å². The van der Waals surface area contributed by atoms with Crippen molar-refractivity contribution < 1.29 is 23.1 Å². The van der Waals surface area contributed by atoms with E-state index in [-0.39, 0.29) is 54.1 Å². The lowest BCUT2D eigenvalue weighted by molar-refractivity contribution is -0.120. The Labute approximate surface area is 237 Å². The van der Waals surface area contributed by atoms with Gasteiger partial charge in [0.15, 0.2) is 5.69 Å². The van der Waals surface area contributed by atoms with Crippen molar-refractivity contribution in [2.45, 2.75) is 30.9 Å². The lowest BCUT2D eigenvalue weighted by Crippen LogP contribution is -2.41. The maximum Gasteiger partial charge on any atom is 0.264 e. The van der Waals surface area contributed by atoms with Crippen molar-refractivity contribution in [1.29, 1.82) is 0 Å². The van der Waals surface area contributed by atoms with Gasteiger partial charge in [0.2, 0.25) is 11.8 Å². The lowest BCUT2D eigenvalue weighted by Gasteiger charge is -2.26. The second kappa shape index (κ2) is 12.4. The Morgan fingerprint density at radius 2 is 1.95 bits per heavy atom. The van der Waals surface area contributed by atoms with Crippen molar-refractivity contribution in [3.8, 4) is 0 Å². The van der Waals surface area contributed by atoms with Crippen molar-refractivity contribution in [2.75, 3.05) is 22.3 Å². The van der Waals surface area contributed by atoms with Gasteiger partial charge in [-0.2, -0.15) is 0 Å². The topological polar surface area (TPSA) is 124 Å². The predicted molar refractivity (Wildman–Crippen MR) is 150 cm³/mol. The molecule has 0 saturated carbocycles. The molecule has 1 fully saturated rings. The van der Waals surface area contributed by atoms with Gasteiger partial charge in [-0.25, -0.2) is 13.3 Å². The van der Waals surface area contributed by atoms with Gasteiger partial charge >= 0.3 is 0 Å². The maximum atomic E-state index is 13.6. The molecule has 0 aliphatic carbocycles. The molecule has 1 unspecified atom stereocenters. The average Bonchev–Trinajstić information content (AvgIpc) is 3.25. The van der Waals surface area contributed by atoms with Gasteiger partial charge in [0.25, 0.3) is 10.0 Å². The second-order valence-electron chi connectivity index (χ2n) is 8.65. The van der Waals surface area contributed by atoms with Crippen LogP contribution in [0.4, 0.5) is 17.1 Å². The van der Waals surface area contributed by atoms with E-state index in [1.165, 1.54) is 35.4 Å². The van der Waals surface area contributed by atoms with Crippen LogP contribution in [0.3, 0.4) is 0 Å². The van der Waals surface area contributed by atoms with Gasteiger partial charge in [-0.1, -0.05) is 41.9 Å². The van der Waals surface area contributed by atoms with E-state index in [2.05, 4.69) is 15.1 Å². The molecule has 0 spiro atoms. The molecule has 0 bridgehead atoms. The lowest BCUT2D eigenvalue weighted by atomic mass is 10.2. The highest BCUT2D eigenvalue weighted by molar-refractivity contribution is 7.92. The number of amides is 2. The molecule has 1 saturated heterocycles. The van der Waals surface area contributed by atoms with Crippen LogP contribution < -0.4 is 14.5 Å². The third-order valence-electron chi connectivity index (χ3n) is 6.04. The number of anilines is 2. The van der Waals surface area contributed by atoms with Gasteiger partial charge in [0.05, 0.1) is 60.3 Å². The van der Waals surface area contributed by atoms with Crippen LogP contribution in [0.1, 0.15) is 17.7 Å². The molecular formula is C26H25Cl2N5O5S. The fourth-order valence-electron chi connectivity index (χ4n) is 3.98. The first-order valence-electron chi connectivity index (χ1n) is 11.6. The highest BCUT2D eigenvalue weighted by atomic mass is 35.5. The molecule has 204 valence electrons. The number of aliphatic hydroxyl groups is 1. The van der Waals surface area contributed by atoms with Gasteiger partial charge in [-0.05, 0) is 36.8 Å². The summed E-state index contributed by atoms with van der Waals surface area (Å²) in [6.07, 6.45) is 0.831. The molecule has 0 radical (unpaired) electrons. The summed E-state index contributed by atoms with van der Waals surface area (Å²) in [6, 6.07) is 13.5. The minimum absolute atomic E-state index is 0. The molecule has 2 N–H and O–H groups in total. The molecule has 4 rings (SSSR count). The molecule has 13 heteroatoms. The summed E-state index contributed by atoms with van der Waals surface area (Å²) >= 11 is 6.25. The third-order valence-corrected chi connectivity index (χ3v) is 8.22. The fraction of sp³-hybridized carbons (Fsp3) is 0.231. The number of halogens is 2. The zero-order valence-corrected chi connectivity index (χ0v) is 23.1. The number of carbonyl (C=O) groups excluding carboxylic acids is 2. The first kappa shape index (κ1) is 29.9. The Morgan fingerprint density at radius 3 is 2.54 bits per heavy atom. The SMILES string of the molecule is Cl.[C-]#[N+]c1ccc(S(=O)(=O)N(CC(=O)NCc2ccc(N3CC(O)CC3=O)cn2)c2cccc(Cl)c2C)cc1. The molecule has 1 aliphatic rings. The van der Waals surface area contributed by atoms with Crippen LogP contribution in [0.25, 0.3) is 4.85 Å². The van der Waals surface area contributed by atoms with Crippen molar-refractivity contribution >= 4 is 62.9 Å². The summed E-state index contributed by atoms with van der Waals surface area (Å²) in [7, 11) is -4.18. The minimum atomic E-state index is -4.18. The van der Waals surface area contributed by atoms with Gasteiger partial charge in [0, 0.05) is 5.02 Å². The Kier molecular flexibility index (Phi) is 9.53. The minimum Gasteiger partial charge on any atom is -0.391 e. The van der Waals surface area contributed by atoms with Crippen LogP contribution >= 0.6 is 24.0 Å². The number of pyridine rings is 1. The number of benzene rings is 2. The van der Waals surface area contributed by atoms with E-state index in [4.69, 9.17) is 18.2 Å². The van der Waals surface area contributed by atoms with E-state index in [0.29, 0.717) is 22.0 Å². The van der Waals surface area contributed by atoms with Crippen LogP contribution in [0.2, 0.25) is 5.02 Å². The molecule has 39 heavy (non-hydrogen) atoms. The second-order valence-corrected chi connectivity index (χ2v) is 10.9. The van der Waals surface area contributed by atoms with E-state index >= 15 is 0 Å². The van der Waals surface area contributed by atoms with Crippen molar-refractivity contribution in [3.63, 3.8) is 0 Å². The number of nitrogens with one attached hydrogen (secondary N) is 1. The van der Waals surface area contributed by atoms with E-state index < -0.39 is 28.6 Å². The molecule has 2 heterocycles. The number of rotatable bonds is 8. The molecule has 2 aromatic carbocycles. The summed E-state index contributed by atoms with van der Waals surface area (Å²) < 4.78 is 28.1. The predicted octanol–water partition coefficient (Wildman–Crippen LogP) is 3.63. The zero-order chi connectivity index (χ0) is 27.4. The molecule has 10 nitrogen and oxygen atoms in total. The molecule has 1 atom stereocenters. The quantitative estimate of drug-likeness (QED) is 0.387. The number of carbonyl (C=O) groups is 2. The number of hydrogen-bond acceptors (Lipinski definition) is 6. The van der Waals surface area contributed by atoms with Gasteiger partial charge in [0.1, 0.15) is 6.54 Å². The Bertz CT molecular complexity index is 1510. The van der Waals surface area contributed by atoms with Crippen LogP contribution in [0.15, 0.2) is 65.7 Å². The Balaban J connectivity index is 0.00000420. The number of β-amino-alcohol motifs (C(OH)–C–C–N with tert-alkyl or cyclic N) is 1. The van der Waals surface area contributed by atoms with E-state index in [0.717, 1.165) is 4.31 Å². The fourth-order valence-corrected chi connectivity index (χ4v) is 5.63. The molecule has 2 amide bonds. The smallest absolute Gasteiger partial charge is 0.264 e. The Morgan fingerprint density at radius 1 is 1.23 bits per heavy atom. The number of nitrogens with zero attached hydrogens (tertiary/aromatic N) is 4. The highest BCUT2D eigenvalue weighted by Gasteiger charge is 2.30. The van der Waals surface area contributed by atoms with Crippen LogP contribution in [-0.4, -0.2) is 49.5 Å². The van der Waals surface area contributed by atoms with Gasteiger partial charge in [-0.3, -0.25) is 18.9 Å². The van der Waals surface area contributed by atoms with Crippen molar-refractivity contribution in [1.82, 2.24) is 10.3 Å². The maximum absolute atomic E-state index is 13.6. The molecular weight excluding hydrogens is 565 g/mol.